The summed E-state index contributed by atoms with van der Waals surface area (Å²) in [5.74, 6) is 0. The summed E-state index contributed by atoms with van der Waals surface area (Å²) in [4.78, 5) is 0. The van der Waals surface area contributed by atoms with E-state index in [4.69, 9.17) is 0 Å². The Balaban J connectivity index is 2.55. The molecule has 1 rings (SSSR count). The van der Waals surface area contributed by atoms with E-state index in [-0.39, 0.29) is 3.74 Å². The van der Waals surface area contributed by atoms with Gasteiger partial charge in [0, 0.05) is 0 Å². The maximum atomic E-state index is 3.52. The van der Waals surface area contributed by atoms with Crippen LogP contribution in [0.15, 0.2) is 24.3 Å². The highest BCUT2D eigenvalue weighted by Crippen LogP contribution is 2.29. The van der Waals surface area contributed by atoms with Gasteiger partial charge in [0.1, 0.15) is 0 Å². The standard InChI is InChI=1S/C12H16Br2/c1-2-3-4-6-10-7-5-8-11(9-10)12(13)14/h5,7-9,12H,2-4,6H2,1H3. The van der Waals surface area contributed by atoms with E-state index in [2.05, 4.69) is 63.0 Å². The average Bonchev–Trinajstić information content (AvgIpc) is 2.19. The van der Waals surface area contributed by atoms with Crippen LogP contribution in [0.4, 0.5) is 0 Å². The normalized spacial score (nSPS) is 10.9. The number of aryl methyl sites for hydroxylation is 1. The SMILES string of the molecule is CCCCCc1cccc(C(Br)Br)c1. The Hall–Kier alpha value is 0.180. The van der Waals surface area contributed by atoms with E-state index in [1.807, 2.05) is 0 Å². The van der Waals surface area contributed by atoms with Gasteiger partial charge in [-0.2, -0.15) is 0 Å². The summed E-state index contributed by atoms with van der Waals surface area (Å²) in [5, 5.41) is 0. The molecule has 0 heterocycles. The molecule has 1 aromatic carbocycles. The predicted molar refractivity (Wildman–Crippen MR) is 70.3 cm³/mol. The highest BCUT2D eigenvalue weighted by atomic mass is 79.9. The molecule has 0 aliphatic heterocycles. The molecule has 0 aliphatic carbocycles. The van der Waals surface area contributed by atoms with Crippen LogP contribution in [0.25, 0.3) is 0 Å². The van der Waals surface area contributed by atoms with Gasteiger partial charge in [0.25, 0.3) is 0 Å². The van der Waals surface area contributed by atoms with Crippen LogP contribution < -0.4 is 0 Å². The molecule has 0 aliphatic rings. The molecule has 0 radical (unpaired) electrons. The van der Waals surface area contributed by atoms with Gasteiger partial charge in [-0.1, -0.05) is 75.9 Å². The Morgan fingerprint density at radius 1 is 1.21 bits per heavy atom. The van der Waals surface area contributed by atoms with Crippen LogP contribution in [0.1, 0.15) is 41.0 Å². The van der Waals surface area contributed by atoms with Crippen LogP contribution in [0.2, 0.25) is 0 Å². The second-order valence-corrected chi connectivity index (χ2v) is 6.56. The quantitative estimate of drug-likeness (QED) is 0.516. The lowest BCUT2D eigenvalue weighted by Gasteiger charge is -2.05. The van der Waals surface area contributed by atoms with Crippen molar-refractivity contribution in [3.05, 3.63) is 35.4 Å². The first-order valence-electron chi connectivity index (χ1n) is 5.11. The summed E-state index contributed by atoms with van der Waals surface area (Å²) < 4.78 is 0.279. The van der Waals surface area contributed by atoms with Crippen LogP contribution in [0.5, 0.6) is 0 Å². The molecule has 14 heavy (non-hydrogen) atoms. The highest BCUT2D eigenvalue weighted by molar-refractivity contribution is 9.24. The van der Waals surface area contributed by atoms with Crippen LogP contribution in [0.3, 0.4) is 0 Å². The summed E-state index contributed by atoms with van der Waals surface area (Å²) in [5.41, 5.74) is 2.75. The molecule has 78 valence electrons. The summed E-state index contributed by atoms with van der Waals surface area (Å²) in [7, 11) is 0. The molecule has 0 saturated heterocycles. The summed E-state index contributed by atoms with van der Waals surface area (Å²) in [6.45, 7) is 2.24. The van der Waals surface area contributed by atoms with Crippen molar-refractivity contribution in [1.29, 1.82) is 0 Å². The molecule has 0 atom stereocenters. The van der Waals surface area contributed by atoms with Gasteiger partial charge in [-0.15, -0.1) is 0 Å². The topological polar surface area (TPSA) is 0 Å². The minimum atomic E-state index is 0.279. The first kappa shape index (κ1) is 12.3. The molecule has 0 nitrogen and oxygen atoms in total. The van der Waals surface area contributed by atoms with Crippen molar-refractivity contribution in [2.75, 3.05) is 0 Å². The lowest BCUT2D eigenvalue weighted by molar-refractivity contribution is 0.717. The number of benzene rings is 1. The van der Waals surface area contributed by atoms with E-state index in [0.29, 0.717) is 0 Å². The fourth-order valence-electron chi connectivity index (χ4n) is 1.46. The van der Waals surface area contributed by atoms with Crippen molar-refractivity contribution in [3.8, 4) is 0 Å². The molecule has 0 amide bonds. The van der Waals surface area contributed by atoms with E-state index in [0.717, 1.165) is 0 Å². The van der Waals surface area contributed by atoms with Gasteiger partial charge in [-0.25, -0.2) is 0 Å². The van der Waals surface area contributed by atoms with Crippen LogP contribution in [-0.2, 0) is 6.42 Å². The van der Waals surface area contributed by atoms with E-state index in [1.165, 1.54) is 36.8 Å². The number of unbranched alkanes of at least 4 members (excludes halogenated alkanes) is 2. The van der Waals surface area contributed by atoms with E-state index < -0.39 is 0 Å². The highest BCUT2D eigenvalue weighted by Gasteiger charge is 2.02. The summed E-state index contributed by atoms with van der Waals surface area (Å²) >= 11 is 7.03. The summed E-state index contributed by atoms with van der Waals surface area (Å²) in [6.07, 6.45) is 5.12. The van der Waals surface area contributed by atoms with Gasteiger partial charge >= 0.3 is 0 Å². The number of rotatable bonds is 5. The Labute approximate surface area is 103 Å². The molecule has 0 saturated carbocycles. The van der Waals surface area contributed by atoms with Crippen molar-refractivity contribution in [2.45, 2.75) is 36.3 Å². The minimum Gasteiger partial charge on any atom is -0.0712 e. The Kier molecular flexibility index (Phi) is 5.80. The van der Waals surface area contributed by atoms with Crippen molar-refractivity contribution < 1.29 is 0 Å². The first-order chi connectivity index (χ1) is 6.74. The smallest absolute Gasteiger partial charge is 0.0712 e. The third-order valence-corrected chi connectivity index (χ3v) is 3.33. The monoisotopic (exact) mass is 318 g/mol. The van der Waals surface area contributed by atoms with Crippen molar-refractivity contribution >= 4 is 31.9 Å². The van der Waals surface area contributed by atoms with Crippen LogP contribution in [-0.4, -0.2) is 0 Å². The van der Waals surface area contributed by atoms with Crippen molar-refractivity contribution in [3.63, 3.8) is 0 Å². The predicted octanol–water partition coefficient (Wildman–Crippen LogP) is 5.21. The fourth-order valence-corrected chi connectivity index (χ4v) is 2.03. The second-order valence-electron chi connectivity index (χ2n) is 3.50. The zero-order chi connectivity index (χ0) is 10.4. The molecule has 0 unspecified atom stereocenters. The Morgan fingerprint density at radius 2 is 2.00 bits per heavy atom. The zero-order valence-electron chi connectivity index (χ0n) is 8.47. The Bertz CT molecular complexity index is 269. The first-order valence-corrected chi connectivity index (χ1v) is 6.94. The Morgan fingerprint density at radius 3 is 2.64 bits per heavy atom. The van der Waals surface area contributed by atoms with Crippen molar-refractivity contribution in [1.82, 2.24) is 0 Å². The van der Waals surface area contributed by atoms with E-state index in [1.54, 1.807) is 0 Å². The summed E-state index contributed by atoms with van der Waals surface area (Å²) in [6, 6.07) is 8.75. The number of alkyl halides is 2. The molecular formula is C12H16Br2. The molecule has 0 aromatic heterocycles. The fraction of sp³-hybridized carbons (Fsp3) is 0.500. The second kappa shape index (κ2) is 6.62. The molecule has 1 aromatic rings. The largest absolute Gasteiger partial charge is 0.0946 e. The molecule has 0 bridgehead atoms. The maximum absolute atomic E-state index is 3.52. The molecule has 0 spiro atoms. The lowest BCUT2D eigenvalue weighted by Crippen LogP contribution is -1.88. The van der Waals surface area contributed by atoms with Gasteiger partial charge < -0.3 is 0 Å². The van der Waals surface area contributed by atoms with Gasteiger partial charge in [0.05, 0.1) is 3.74 Å². The molecule has 2 heteroatoms. The maximum Gasteiger partial charge on any atom is 0.0946 e. The number of hydrogen-bond acceptors (Lipinski definition) is 0. The number of hydrogen-bond donors (Lipinski definition) is 0. The van der Waals surface area contributed by atoms with Crippen LogP contribution in [0, 0.1) is 0 Å². The lowest BCUT2D eigenvalue weighted by atomic mass is 10.1. The molecular weight excluding hydrogens is 304 g/mol. The third kappa shape index (κ3) is 4.14. The van der Waals surface area contributed by atoms with Gasteiger partial charge in [0.15, 0.2) is 0 Å². The van der Waals surface area contributed by atoms with E-state index in [9.17, 15) is 0 Å². The molecule has 0 fully saturated rings. The minimum absolute atomic E-state index is 0.279. The van der Waals surface area contributed by atoms with Gasteiger partial charge in [-0.05, 0) is 24.0 Å². The molecule has 0 N–H and O–H groups in total. The number of halogens is 2. The third-order valence-electron chi connectivity index (χ3n) is 2.27. The van der Waals surface area contributed by atoms with Crippen LogP contribution >= 0.6 is 31.9 Å². The van der Waals surface area contributed by atoms with Gasteiger partial charge in [0.2, 0.25) is 0 Å². The average molecular weight is 320 g/mol. The van der Waals surface area contributed by atoms with E-state index >= 15 is 0 Å². The van der Waals surface area contributed by atoms with Gasteiger partial charge in [-0.3, -0.25) is 0 Å². The van der Waals surface area contributed by atoms with Crippen molar-refractivity contribution in [2.24, 2.45) is 0 Å². The zero-order valence-corrected chi connectivity index (χ0v) is 11.6.